The number of carbonyl (C=O) groups excluding carboxylic acids is 5. The van der Waals surface area contributed by atoms with Gasteiger partial charge >= 0.3 is 23.9 Å². The van der Waals surface area contributed by atoms with Gasteiger partial charge in [-0.2, -0.15) is 0 Å². The maximum atomic E-state index is 12.2. The summed E-state index contributed by atoms with van der Waals surface area (Å²) in [4.78, 5) is 87.9. The molecule has 29 nitrogen and oxygen atoms in total. The van der Waals surface area contributed by atoms with E-state index in [1.54, 1.807) is 0 Å². The predicted molar refractivity (Wildman–Crippen MR) is 567 cm³/mol. The number of nitrogens with zero attached hydrogens (tertiary/aromatic N) is 4. The minimum atomic E-state index is -1.00. The van der Waals surface area contributed by atoms with Crippen LogP contribution in [0.4, 0.5) is 0 Å². The van der Waals surface area contributed by atoms with Crippen molar-refractivity contribution in [3.8, 4) is 0 Å². The molecular weight excluding hydrogens is 1790 g/mol. The van der Waals surface area contributed by atoms with Gasteiger partial charge in [-0.3, -0.25) is 28.8 Å². The second-order valence-electron chi connectivity index (χ2n) is 47.7. The Bertz CT molecular complexity index is 3670. The van der Waals surface area contributed by atoms with Crippen molar-refractivity contribution in [3.63, 3.8) is 0 Å². The Morgan fingerprint density at radius 3 is 1.11 bits per heavy atom. The number of hydrogen-bond acceptors (Lipinski definition) is 24. The maximum absolute atomic E-state index is 12.2. The molecular formula is C112H202N8O21. The van der Waals surface area contributed by atoms with Crippen molar-refractivity contribution in [3.05, 3.63) is 120 Å². The van der Waals surface area contributed by atoms with Crippen LogP contribution in [0, 0.1) is 67.0 Å². The first-order valence-electron chi connectivity index (χ1n) is 51.1. The lowest BCUT2D eigenvalue weighted by Crippen LogP contribution is -2.45. The van der Waals surface area contributed by atoms with Crippen LogP contribution in [0.1, 0.15) is 265 Å². The molecule has 4 rings (SSSR count). The summed E-state index contributed by atoms with van der Waals surface area (Å²) in [5, 5.41) is 49.9. The number of likely N-dealkylation sites (N-methyl/N-ethyl adjacent to an activating group) is 4. The van der Waals surface area contributed by atoms with Crippen LogP contribution in [0.5, 0.6) is 0 Å². The number of amides is 2. The van der Waals surface area contributed by atoms with E-state index < -0.39 is 47.7 Å². The van der Waals surface area contributed by atoms with Gasteiger partial charge in [-0.1, -0.05) is 248 Å². The van der Waals surface area contributed by atoms with E-state index in [0.717, 1.165) is 119 Å². The number of rotatable bonds is 69. The molecule has 0 bridgehead atoms. The summed E-state index contributed by atoms with van der Waals surface area (Å²) in [5.41, 5.74) is 12.4. The molecule has 2 aliphatic heterocycles. The number of hydrogen-bond donors (Lipinski definition) is 7. The largest absolute Gasteiger partial charge is 0.550 e. The fourth-order valence-corrected chi connectivity index (χ4v) is 18.2. The monoisotopic (exact) mass is 2000 g/mol. The van der Waals surface area contributed by atoms with Crippen LogP contribution in [0.15, 0.2) is 109 Å². The Balaban J connectivity index is 0. The third-order valence-electron chi connectivity index (χ3n) is 22.2. The third-order valence-corrected chi connectivity index (χ3v) is 22.2. The van der Waals surface area contributed by atoms with Gasteiger partial charge in [0.2, 0.25) is 11.8 Å². The summed E-state index contributed by atoms with van der Waals surface area (Å²) < 4.78 is 53.8. The molecule has 0 spiro atoms. The van der Waals surface area contributed by atoms with Crippen molar-refractivity contribution < 1.29 is 106 Å². The van der Waals surface area contributed by atoms with Gasteiger partial charge in [0, 0.05) is 70.5 Å². The number of aliphatic hydroxyl groups is 1. The third kappa shape index (κ3) is 84.1. The predicted octanol–water partition coefficient (Wildman–Crippen LogP) is 16.3. The fourth-order valence-electron chi connectivity index (χ4n) is 18.2. The maximum Gasteiger partial charge on any atom is 0.317 e. The van der Waals surface area contributed by atoms with Crippen molar-refractivity contribution in [1.29, 1.82) is 0 Å². The highest BCUT2D eigenvalue weighted by molar-refractivity contribution is 5.94. The van der Waals surface area contributed by atoms with E-state index in [0.29, 0.717) is 181 Å². The SMILES string of the molecule is C=C(CC(CC(=O)NCCOCCOCCN(C)C)C(=O)O)CC(C)(C)CC(C)(C)C.C=C(CC(CC(=O)NCCOCCOCCN(C)C)C(=O)O)CC(C)(C)CC(C)(C)C.C=C(CC(CCNCCOCCOCC[N+](C)(C)CC(O)c1ccccc1)C(=O)[O-])CC(C)(C)CC(C)(C)C.C=C(CC1CC(=O)OC1=O)CC(C)(C)CC(C)(C)C.CN(C)CCOCCOCCN.c1ccc(C2CO2)cc1. The second kappa shape index (κ2) is 72.5. The van der Waals surface area contributed by atoms with E-state index in [-0.39, 0.29) is 86.3 Å². The first kappa shape index (κ1) is 136. The van der Waals surface area contributed by atoms with Crippen LogP contribution >= 0.6 is 0 Å². The molecule has 0 aromatic heterocycles. The summed E-state index contributed by atoms with van der Waals surface area (Å²) in [7, 11) is 16.2. The van der Waals surface area contributed by atoms with Crippen LogP contribution in [-0.4, -0.2) is 310 Å². The van der Waals surface area contributed by atoms with Gasteiger partial charge in [0.05, 0.1) is 151 Å². The topological polar surface area (TPSA) is 371 Å². The molecule has 2 heterocycles. The Kier molecular flexibility index (Phi) is 70.1. The van der Waals surface area contributed by atoms with Crippen LogP contribution in [0.2, 0.25) is 0 Å². The van der Waals surface area contributed by atoms with Gasteiger partial charge in [-0.05, 0) is 187 Å². The number of ether oxygens (including phenoxy) is 10. The first-order chi connectivity index (χ1) is 65.3. The smallest absolute Gasteiger partial charge is 0.317 e. The summed E-state index contributed by atoms with van der Waals surface area (Å²) >= 11 is 0. The van der Waals surface area contributed by atoms with Crippen molar-refractivity contribution in [2.75, 3.05) is 234 Å². The van der Waals surface area contributed by atoms with Crippen LogP contribution in [0.25, 0.3) is 0 Å². The highest BCUT2D eigenvalue weighted by Crippen LogP contribution is 2.43. The standard InChI is InChI=1S/C32H56N2O5.2C24H46N2O5.C16H26O3.C8H20N2O2.C8H8O/c1-26(23-32(5,6)25-31(2,3)4)22-28(30(36)37)14-15-33-16-18-38-20-21-39-19-17-34(7,8)24-29(35)27-12-10-9-11-13-27;2*1-19(17-24(5,6)18-23(2,3)4)15-20(22(28)29)16-21(27)25-9-11-30-13-14-31-12-10-26(7)8;1-11(7-12-8-13(17)19-14(12)18)9-16(5,6)10-15(2,3)4;1-10(2)4-6-12-8-7-11-5-3-9;1-2-4-7(5-3-1)8-6-9-8/h9-13,28-29,33,35H,1,14-25H2,2-8H3;2*20H,1,9-18H2,2-8H3,(H,25,27)(H,28,29);12H,1,7-10H2,2-6H3;3-9H2,1-2H3;1-5,8H,6H2. The first-order valence-corrected chi connectivity index (χ1v) is 51.1. The summed E-state index contributed by atoms with van der Waals surface area (Å²) in [6.07, 6.45) is 9.55. The van der Waals surface area contributed by atoms with Crippen LogP contribution < -0.4 is 26.8 Å². The molecule has 8 N–H and O–H groups in total. The summed E-state index contributed by atoms with van der Waals surface area (Å²) in [5.74, 6) is -6.64. The number of allylic oxidation sites excluding steroid dienone is 4. The van der Waals surface area contributed by atoms with E-state index in [9.17, 15) is 54.0 Å². The molecule has 6 unspecified atom stereocenters. The van der Waals surface area contributed by atoms with Crippen molar-refractivity contribution in [2.45, 2.75) is 253 Å². The molecule has 2 saturated heterocycles. The number of nitrogens with two attached hydrogens (primary N) is 1. The van der Waals surface area contributed by atoms with Crippen LogP contribution in [-0.2, 0) is 80.9 Å². The van der Waals surface area contributed by atoms with Gasteiger partial charge < -0.3 is 113 Å². The lowest BCUT2D eigenvalue weighted by Gasteiger charge is -2.34. The number of nitrogens with one attached hydrogen (secondary N) is 3. The normalized spacial score (nSPS) is 15.0. The molecule has 0 saturated carbocycles. The van der Waals surface area contributed by atoms with E-state index in [1.165, 1.54) is 5.56 Å². The zero-order valence-corrected chi connectivity index (χ0v) is 93.5. The number of carbonyl (C=O) groups is 7. The van der Waals surface area contributed by atoms with Crippen LogP contribution in [0.3, 0.4) is 0 Å². The lowest BCUT2D eigenvalue weighted by atomic mass is 9.72. The number of cyclic esters (lactones) is 2. The number of carboxylic acids is 3. The number of aliphatic carboxylic acids is 3. The average molecular weight is 2000 g/mol. The molecule has 141 heavy (non-hydrogen) atoms. The minimum absolute atomic E-state index is 0.0359. The number of epoxide rings is 1. The van der Waals surface area contributed by atoms with Crippen molar-refractivity contribution >= 4 is 41.7 Å². The fraction of sp³-hybridized carbons (Fsp3) is 0.759. The van der Waals surface area contributed by atoms with Crippen molar-refractivity contribution in [1.82, 2.24) is 30.7 Å². The van der Waals surface area contributed by atoms with E-state index in [1.807, 2.05) is 101 Å². The molecule has 0 radical (unpaired) electrons. The summed E-state index contributed by atoms with van der Waals surface area (Å²) in [6.45, 7) is 77.0. The van der Waals surface area contributed by atoms with E-state index >= 15 is 0 Å². The molecule has 816 valence electrons. The average Bonchev–Trinajstić information content (AvgIpc) is 1.81. The molecule has 29 heteroatoms. The zero-order valence-electron chi connectivity index (χ0n) is 93.5. The Morgan fingerprint density at radius 2 is 0.787 bits per heavy atom. The molecule has 2 aromatic rings. The number of esters is 2. The molecule has 6 atom stereocenters. The van der Waals surface area contributed by atoms with Gasteiger partial charge in [0.15, 0.2) is 0 Å². The molecule has 2 amide bonds. The number of quaternary nitrogens is 1. The minimum Gasteiger partial charge on any atom is -0.550 e. The Labute approximate surface area is 854 Å². The number of aliphatic hydroxyl groups excluding tert-OH is 1. The highest BCUT2D eigenvalue weighted by atomic mass is 16.6. The van der Waals surface area contributed by atoms with Gasteiger partial charge in [0.1, 0.15) is 25.3 Å². The molecule has 0 aliphatic carbocycles. The Hall–Kier alpha value is -6.75. The molecule has 2 fully saturated rings. The number of carboxylic acid groups (broad SMARTS) is 3. The van der Waals surface area contributed by atoms with Gasteiger partial charge in [-0.25, -0.2) is 0 Å². The van der Waals surface area contributed by atoms with E-state index in [2.05, 4.69) is 217 Å². The quantitative estimate of drug-likeness (QED) is 0.00807. The van der Waals surface area contributed by atoms with E-state index in [4.69, 9.17) is 48.4 Å². The Morgan fingerprint density at radius 1 is 0.461 bits per heavy atom. The summed E-state index contributed by atoms with van der Waals surface area (Å²) in [6, 6.07) is 20.0. The van der Waals surface area contributed by atoms with Gasteiger partial charge in [-0.15, -0.1) is 0 Å². The highest BCUT2D eigenvalue weighted by Gasteiger charge is 2.37. The molecule has 2 aromatic carbocycles. The second-order valence-corrected chi connectivity index (χ2v) is 47.7. The molecule has 2 aliphatic rings. The lowest BCUT2D eigenvalue weighted by molar-refractivity contribution is -0.894. The van der Waals surface area contributed by atoms with Crippen molar-refractivity contribution in [2.24, 2.45) is 72.7 Å². The zero-order chi connectivity index (χ0) is 108. The number of benzene rings is 2. The van der Waals surface area contributed by atoms with Gasteiger partial charge in [0.25, 0.3) is 0 Å².